The van der Waals surface area contributed by atoms with Gasteiger partial charge in [0.15, 0.2) is 0 Å². The maximum absolute atomic E-state index is 8.84. The van der Waals surface area contributed by atoms with E-state index in [9.17, 15) is 0 Å². The third kappa shape index (κ3) is 4.02. The first kappa shape index (κ1) is 13.9. The smallest absolute Gasteiger partial charge is 0.139 e. The Morgan fingerprint density at radius 3 is 2.90 bits per heavy atom. The zero-order valence-corrected chi connectivity index (χ0v) is 11.4. The second-order valence-corrected chi connectivity index (χ2v) is 4.21. The second-order valence-electron chi connectivity index (χ2n) is 3.95. The van der Waals surface area contributed by atoms with E-state index in [1.807, 2.05) is 12.1 Å². The molecule has 0 unspecified atom stereocenters. The Kier molecular flexibility index (Phi) is 5.00. The van der Waals surface area contributed by atoms with Gasteiger partial charge in [-0.2, -0.15) is 5.26 Å². The highest BCUT2D eigenvalue weighted by atomic mass is 35.5. The van der Waals surface area contributed by atoms with Crippen LogP contribution in [0.3, 0.4) is 0 Å². The molecule has 0 N–H and O–H groups in total. The molecule has 0 saturated carbocycles. The standard InChI is InChI=1S/C16H11ClN2O/c17-6-2-5-14-8-16(11-19-10-14)20-12-15-4-1-3-13(7-15)9-18/h1,3-4,7-8,10-11H,6,12H2. The first-order valence-corrected chi connectivity index (χ1v) is 6.47. The quantitative estimate of drug-likeness (QED) is 0.642. The monoisotopic (exact) mass is 282 g/mol. The number of benzene rings is 1. The van der Waals surface area contributed by atoms with Crippen molar-refractivity contribution in [3.63, 3.8) is 0 Å². The third-order valence-electron chi connectivity index (χ3n) is 2.47. The largest absolute Gasteiger partial charge is 0.487 e. The normalized spacial score (nSPS) is 9.20. The van der Waals surface area contributed by atoms with Crippen molar-refractivity contribution < 1.29 is 4.74 Å². The molecule has 2 rings (SSSR count). The van der Waals surface area contributed by atoms with E-state index in [1.54, 1.807) is 30.6 Å². The minimum Gasteiger partial charge on any atom is -0.487 e. The van der Waals surface area contributed by atoms with Crippen LogP contribution in [0.2, 0.25) is 0 Å². The van der Waals surface area contributed by atoms with Gasteiger partial charge in [-0.25, -0.2) is 0 Å². The van der Waals surface area contributed by atoms with E-state index in [2.05, 4.69) is 22.9 Å². The number of nitriles is 1. The predicted octanol–water partition coefficient (Wildman–Crippen LogP) is 3.12. The van der Waals surface area contributed by atoms with Crippen LogP contribution < -0.4 is 4.74 Å². The van der Waals surface area contributed by atoms with E-state index in [4.69, 9.17) is 21.6 Å². The van der Waals surface area contributed by atoms with Gasteiger partial charge in [0.05, 0.1) is 23.7 Å². The van der Waals surface area contributed by atoms with Gasteiger partial charge in [-0.3, -0.25) is 4.98 Å². The second kappa shape index (κ2) is 7.19. The van der Waals surface area contributed by atoms with Crippen LogP contribution in [0, 0.1) is 23.2 Å². The van der Waals surface area contributed by atoms with Gasteiger partial charge in [0.25, 0.3) is 0 Å². The molecule has 98 valence electrons. The number of halogens is 1. The highest BCUT2D eigenvalue weighted by Gasteiger charge is 1.99. The molecule has 1 aromatic heterocycles. The van der Waals surface area contributed by atoms with Crippen LogP contribution >= 0.6 is 11.6 Å². The summed E-state index contributed by atoms with van der Waals surface area (Å²) in [5.74, 6) is 6.56. The number of pyridine rings is 1. The van der Waals surface area contributed by atoms with Gasteiger partial charge < -0.3 is 4.74 Å². The van der Waals surface area contributed by atoms with Gasteiger partial charge in [-0.05, 0) is 23.8 Å². The summed E-state index contributed by atoms with van der Waals surface area (Å²) < 4.78 is 5.64. The minimum absolute atomic E-state index is 0.284. The number of hydrogen-bond acceptors (Lipinski definition) is 3. The molecule has 1 aromatic carbocycles. The lowest BCUT2D eigenvalue weighted by Crippen LogP contribution is -1.96. The predicted molar refractivity (Wildman–Crippen MR) is 77.3 cm³/mol. The van der Waals surface area contributed by atoms with E-state index in [0.717, 1.165) is 11.1 Å². The Labute approximate surface area is 122 Å². The van der Waals surface area contributed by atoms with Gasteiger partial charge in [0, 0.05) is 11.8 Å². The molecule has 0 bridgehead atoms. The van der Waals surface area contributed by atoms with Crippen molar-refractivity contribution in [1.29, 1.82) is 5.26 Å². The summed E-state index contributed by atoms with van der Waals surface area (Å²) in [6, 6.07) is 11.2. The lowest BCUT2D eigenvalue weighted by molar-refractivity contribution is 0.305. The Morgan fingerprint density at radius 1 is 1.20 bits per heavy atom. The van der Waals surface area contributed by atoms with Gasteiger partial charge in [0.1, 0.15) is 12.4 Å². The fraction of sp³-hybridized carbons (Fsp3) is 0.125. The topological polar surface area (TPSA) is 45.9 Å². The number of alkyl halides is 1. The molecule has 4 heteroatoms. The molecular formula is C16H11ClN2O. The molecule has 0 saturated heterocycles. The summed E-state index contributed by atoms with van der Waals surface area (Å²) in [7, 11) is 0. The molecule has 0 fully saturated rings. The Balaban J connectivity index is 2.05. The van der Waals surface area contributed by atoms with Crippen molar-refractivity contribution in [1.82, 2.24) is 4.98 Å². The Hall–Kier alpha value is -2.49. The average molecular weight is 283 g/mol. The van der Waals surface area contributed by atoms with E-state index in [-0.39, 0.29) is 5.88 Å². The Morgan fingerprint density at radius 2 is 2.10 bits per heavy atom. The van der Waals surface area contributed by atoms with Gasteiger partial charge in [0.2, 0.25) is 0 Å². The van der Waals surface area contributed by atoms with Crippen LogP contribution in [0.25, 0.3) is 0 Å². The van der Waals surface area contributed by atoms with Crippen LogP contribution in [-0.2, 0) is 6.61 Å². The molecule has 3 nitrogen and oxygen atoms in total. The van der Waals surface area contributed by atoms with Crippen molar-refractivity contribution in [2.75, 3.05) is 5.88 Å². The summed E-state index contributed by atoms with van der Waals surface area (Å²) >= 11 is 5.51. The van der Waals surface area contributed by atoms with E-state index < -0.39 is 0 Å². The fourth-order valence-corrected chi connectivity index (χ4v) is 1.67. The maximum Gasteiger partial charge on any atom is 0.139 e. The molecule has 0 amide bonds. The Bertz CT molecular complexity index is 695. The first-order valence-electron chi connectivity index (χ1n) is 5.93. The fourth-order valence-electron chi connectivity index (χ4n) is 1.60. The van der Waals surface area contributed by atoms with E-state index in [0.29, 0.717) is 17.9 Å². The molecule has 0 radical (unpaired) electrons. The molecule has 0 spiro atoms. The third-order valence-corrected chi connectivity index (χ3v) is 2.61. The molecule has 2 aromatic rings. The van der Waals surface area contributed by atoms with Crippen molar-refractivity contribution >= 4 is 11.6 Å². The highest BCUT2D eigenvalue weighted by Crippen LogP contribution is 2.13. The van der Waals surface area contributed by atoms with E-state index in [1.165, 1.54) is 0 Å². The molecule has 0 aliphatic heterocycles. The minimum atomic E-state index is 0.284. The zero-order valence-electron chi connectivity index (χ0n) is 10.6. The van der Waals surface area contributed by atoms with Crippen molar-refractivity contribution in [2.24, 2.45) is 0 Å². The molecule has 0 aliphatic carbocycles. The van der Waals surface area contributed by atoms with Gasteiger partial charge in [-0.15, -0.1) is 11.6 Å². The molecule has 1 heterocycles. The number of nitrogens with zero attached hydrogens (tertiary/aromatic N) is 2. The van der Waals surface area contributed by atoms with Crippen LogP contribution in [0.4, 0.5) is 0 Å². The van der Waals surface area contributed by atoms with Crippen LogP contribution in [0.15, 0.2) is 42.7 Å². The van der Waals surface area contributed by atoms with Crippen LogP contribution in [-0.4, -0.2) is 10.9 Å². The van der Waals surface area contributed by atoms with Gasteiger partial charge in [-0.1, -0.05) is 24.0 Å². The highest BCUT2D eigenvalue weighted by molar-refractivity contribution is 6.19. The van der Waals surface area contributed by atoms with E-state index >= 15 is 0 Å². The summed E-state index contributed by atoms with van der Waals surface area (Å²) in [6.07, 6.45) is 3.28. The molecular weight excluding hydrogens is 272 g/mol. The number of ether oxygens (including phenoxy) is 1. The molecule has 20 heavy (non-hydrogen) atoms. The van der Waals surface area contributed by atoms with Crippen molar-refractivity contribution in [3.8, 4) is 23.7 Å². The lowest BCUT2D eigenvalue weighted by atomic mass is 10.1. The van der Waals surface area contributed by atoms with Crippen LogP contribution in [0.1, 0.15) is 16.7 Å². The summed E-state index contributed by atoms with van der Waals surface area (Å²) in [6.45, 7) is 0.379. The summed E-state index contributed by atoms with van der Waals surface area (Å²) in [5, 5.41) is 8.84. The molecule has 0 aliphatic rings. The van der Waals surface area contributed by atoms with Gasteiger partial charge >= 0.3 is 0 Å². The SMILES string of the molecule is N#Cc1cccc(COc2cncc(C#CCCl)c2)c1. The number of rotatable bonds is 3. The van der Waals surface area contributed by atoms with Crippen molar-refractivity contribution in [3.05, 3.63) is 59.4 Å². The average Bonchev–Trinajstić information content (AvgIpc) is 2.51. The zero-order chi connectivity index (χ0) is 14.2. The van der Waals surface area contributed by atoms with Crippen LogP contribution in [0.5, 0.6) is 5.75 Å². The lowest BCUT2D eigenvalue weighted by Gasteiger charge is -2.06. The summed E-state index contributed by atoms with van der Waals surface area (Å²) in [4.78, 5) is 4.06. The number of hydrogen-bond donors (Lipinski definition) is 0. The molecule has 0 atom stereocenters. The number of aromatic nitrogens is 1. The first-order chi connectivity index (χ1) is 9.81. The van der Waals surface area contributed by atoms with Crippen molar-refractivity contribution in [2.45, 2.75) is 6.61 Å². The maximum atomic E-state index is 8.84. The summed E-state index contributed by atoms with van der Waals surface area (Å²) in [5.41, 5.74) is 2.31.